The molecule has 0 aliphatic heterocycles. The quantitative estimate of drug-likeness (QED) is 0.853. The topological polar surface area (TPSA) is 55.1 Å². The maximum atomic E-state index is 12.6. The highest BCUT2D eigenvalue weighted by atomic mass is 35.5. The molecule has 2 aromatic carbocycles. The lowest BCUT2D eigenvalue weighted by atomic mass is 9.94. The molecule has 0 bridgehead atoms. The van der Waals surface area contributed by atoms with E-state index in [0.717, 1.165) is 34.6 Å². The van der Waals surface area contributed by atoms with E-state index in [1.807, 2.05) is 55.5 Å². The van der Waals surface area contributed by atoms with E-state index in [1.165, 1.54) is 0 Å². The Morgan fingerprint density at radius 3 is 2.62 bits per heavy atom. The molecule has 1 amide bonds. The fourth-order valence-electron chi connectivity index (χ4n) is 3.19. The van der Waals surface area contributed by atoms with Gasteiger partial charge in [-0.05, 0) is 35.6 Å². The van der Waals surface area contributed by atoms with Crippen molar-refractivity contribution < 1.29 is 4.79 Å². The second-order valence-electron chi connectivity index (χ2n) is 6.13. The molecule has 0 fully saturated rings. The molecule has 128 valence electrons. The first-order valence-corrected chi connectivity index (χ1v) is 8.34. The van der Waals surface area contributed by atoms with E-state index in [2.05, 4.69) is 5.32 Å². The van der Waals surface area contributed by atoms with Gasteiger partial charge >= 0.3 is 0 Å². The smallest absolute Gasteiger partial charge is 0.225 e. The van der Waals surface area contributed by atoms with Gasteiger partial charge in [0.2, 0.25) is 5.91 Å². The van der Waals surface area contributed by atoms with E-state index in [0.29, 0.717) is 0 Å². The summed E-state index contributed by atoms with van der Waals surface area (Å²) >= 11 is 6.23. The summed E-state index contributed by atoms with van der Waals surface area (Å²) in [7, 11) is 0. The number of carbonyl (C=O) groups is 1. The van der Waals surface area contributed by atoms with Crippen LogP contribution in [-0.4, -0.2) is 5.91 Å². The zero-order valence-electron chi connectivity index (χ0n) is 13.5. The average Bonchev–Trinajstić information content (AvgIpc) is 2.98. The van der Waals surface area contributed by atoms with Crippen LogP contribution in [-0.2, 0) is 11.2 Å². The maximum absolute atomic E-state index is 12.6. The summed E-state index contributed by atoms with van der Waals surface area (Å²) in [6.07, 6.45) is 1.79. The van der Waals surface area contributed by atoms with Crippen LogP contribution in [0.4, 0.5) is 0 Å². The van der Waals surface area contributed by atoms with Gasteiger partial charge in [0, 0.05) is 11.1 Å². The third kappa shape index (κ3) is 3.75. The van der Waals surface area contributed by atoms with Crippen LogP contribution in [0.5, 0.6) is 0 Å². The van der Waals surface area contributed by atoms with Gasteiger partial charge in [0.05, 0.1) is 12.0 Å². The van der Waals surface area contributed by atoms with Crippen molar-refractivity contribution in [3.63, 3.8) is 0 Å². The lowest BCUT2D eigenvalue weighted by molar-refractivity contribution is -0.125. The van der Waals surface area contributed by atoms with Crippen LogP contribution in [0, 0.1) is 5.92 Å². The molecule has 0 aromatic heterocycles. The number of carbonyl (C=O) groups excluding carboxylic acids is 1. The fourth-order valence-corrected chi connectivity index (χ4v) is 3.47. The minimum absolute atomic E-state index is 0. The molecule has 0 saturated heterocycles. The maximum Gasteiger partial charge on any atom is 0.225 e. The fraction of sp³-hybridized carbons (Fsp3) is 0.316. The highest BCUT2D eigenvalue weighted by Gasteiger charge is 2.29. The SMILES string of the molecule is CC(C(=O)NC1CCc2c(Cl)cccc21)C(N)c1ccccc1.Cl. The monoisotopic (exact) mass is 364 g/mol. The molecule has 24 heavy (non-hydrogen) atoms. The van der Waals surface area contributed by atoms with Crippen LogP contribution < -0.4 is 11.1 Å². The summed E-state index contributed by atoms with van der Waals surface area (Å²) < 4.78 is 0. The van der Waals surface area contributed by atoms with Crippen LogP contribution in [0.2, 0.25) is 5.02 Å². The van der Waals surface area contributed by atoms with E-state index in [4.69, 9.17) is 17.3 Å². The van der Waals surface area contributed by atoms with Gasteiger partial charge < -0.3 is 11.1 Å². The van der Waals surface area contributed by atoms with Gasteiger partial charge in [0.1, 0.15) is 0 Å². The summed E-state index contributed by atoms with van der Waals surface area (Å²) in [5, 5.41) is 3.92. The van der Waals surface area contributed by atoms with Crippen molar-refractivity contribution in [3.8, 4) is 0 Å². The minimum Gasteiger partial charge on any atom is -0.349 e. The Kier molecular flexibility index (Phi) is 6.27. The molecule has 3 atom stereocenters. The van der Waals surface area contributed by atoms with Crippen molar-refractivity contribution in [1.29, 1.82) is 0 Å². The lowest BCUT2D eigenvalue weighted by Crippen LogP contribution is -2.37. The van der Waals surface area contributed by atoms with Gasteiger partial charge in [-0.15, -0.1) is 12.4 Å². The zero-order chi connectivity index (χ0) is 16.4. The Balaban J connectivity index is 0.00000208. The van der Waals surface area contributed by atoms with Crippen molar-refractivity contribution in [2.75, 3.05) is 0 Å². The molecule has 0 radical (unpaired) electrons. The average molecular weight is 365 g/mol. The Labute approximate surface area is 154 Å². The molecular weight excluding hydrogens is 343 g/mol. The summed E-state index contributed by atoms with van der Waals surface area (Å²) in [5.41, 5.74) is 9.51. The molecule has 3 rings (SSSR count). The highest BCUT2D eigenvalue weighted by molar-refractivity contribution is 6.31. The number of fused-ring (bicyclic) bond motifs is 1. The predicted molar refractivity (Wildman–Crippen MR) is 100 cm³/mol. The first-order valence-electron chi connectivity index (χ1n) is 7.96. The van der Waals surface area contributed by atoms with Gasteiger partial charge in [0.15, 0.2) is 0 Å². The number of amides is 1. The Morgan fingerprint density at radius 1 is 1.21 bits per heavy atom. The van der Waals surface area contributed by atoms with Crippen molar-refractivity contribution in [2.45, 2.75) is 31.8 Å². The number of halogens is 2. The van der Waals surface area contributed by atoms with Crippen molar-refractivity contribution in [1.82, 2.24) is 5.32 Å². The van der Waals surface area contributed by atoms with Gasteiger partial charge in [-0.3, -0.25) is 4.79 Å². The summed E-state index contributed by atoms with van der Waals surface area (Å²) in [6, 6.07) is 15.3. The summed E-state index contributed by atoms with van der Waals surface area (Å²) in [4.78, 5) is 12.6. The highest BCUT2D eigenvalue weighted by Crippen LogP contribution is 2.35. The first kappa shape index (κ1) is 18.8. The number of hydrogen-bond acceptors (Lipinski definition) is 2. The van der Waals surface area contributed by atoms with Crippen LogP contribution in [0.1, 0.15) is 42.1 Å². The van der Waals surface area contributed by atoms with Crippen molar-refractivity contribution in [3.05, 3.63) is 70.2 Å². The standard InChI is InChI=1S/C19H21ClN2O.ClH/c1-12(18(21)13-6-3-2-4-7-13)19(23)22-17-11-10-14-15(17)8-5-9-16(14)20;/h2-9,12,17-18H,10-11,21H2,1H3,(H,22,23);1H. The molecule has 0 spiro atoms. The molecular formula is C19H22Cl2N2O. The largest absolute Gasteiger partial charge is 0.349 e. The lowest BCUT2D eigenvalue weighted by Gasteiger charge is -2.22. The third-order valence-electron chi connectivity index (χ3n) is 4.67. The molecule has 1 aliphatic carbocycles. The van der Waals surface area contributed by atoms with Crippen LogP contribution in [0.15, 0.2) is 48.5 Å². The predicted octanol–water partition coefficient (Wildman–Crippen LogP) is 4.20. The number of hydrogen-bond donors (Lipinski definition) is 2. The van der Waals surface area contributed by atoms with E-state index < -0.39 is 0 Å². The molecule has 3 N–H and O–H groups in total. The number of benzene rings is 2. The Morgan fingerprint density at radius 2 is 1.92 bits per heavy atom. The Bertz CT molecular complexity index is 706. The summed E-state index contributed by atoms with van der Waals surface area (Å²) in [6.45, 7) is 1.88. The first-order chi connectivity index (χ1) is 11.1. The number of rotatable bonds is 4. The zero-order valence-corrected chi connectivity index (χ0v) is 15.1. The van der Waals surface area contributed by atoms with Crippen LogP contribution in [0.3, 0.4) is 0 Å². The molecule has 5 heteroatoms. The van der Waals surface area contributed by atoms with E-state index in [-0.39, 0.29) is 36.3 Å². The van der Waals surface area contributed by atoms with Gasteiger partial charge in [-0.2, -0.15) is 0 Å². The van der Waals surface area contributed by atoms with E-state index in [1.54, 1.807) is 0 Å². The third-order valence-corrected chi connectivity index (χ3v) is 5.02. The van der Waals surface area contributed by atoms with Gasteiger partial charge in [0.25, 0.3) is 0 Å². The van der Waals surface area contributed by atoms with Gasteiger partial charge in [-0.25, -0.2) is 0 Å². The molecule has 0 heterocycles. The molecule has 2 aromatic rings. The van der Waals surface area contributed by atoms with E-state index in [9.17, 15) is 4.79 Å². The molecule has 1 aliphatic rings. The second kappa shape index (κ2) is 8.02. The second-order valence-corrected chi connectivity index (χ2v) is 6.54. The molecule has 3 nitrogen and oxygen atoms in total. The van der Waals surface area contributed by atoms with Crippen molar-refractivity contribution in [2.24, 2.45) is 11.7 Å². The number of nitrogens with two attached hydrogens (primary N) is 1. The van der Waals surface area contributed by atoms with Crippen LogP contribution in [0.25, 0.3) is 0 Å². The number of nitrogens with one attached hydrogen (secondary N) is 1. The Hall–Kier alpha value is -1.55. The van der Waals surface area contributed by atoms with Gasteiger partial charge in [-0.1, -0.05) is 61.0 Å². The van der Waals surface area contributed by atoms with E-state index >= 15 is 0 Å². The summed E-state index contributed by atoms with van der Waals surface area (Å²) in [5.74, 6) is -0.306. The van der Waals surface area contributed by atoms with Crippen molar-refractivity contribution >= 4 is 29.9 Å². The molecule has 3 unspecified atom stereocenters. The normalized spacial score (nSPS) is 18.2. The minimum atomic E-state index is -0.309. The van der Waals surface area contributed by atoms with Crippen LogP contribution >= 0.6 is 24.0 Å². The molecule has 0 saturated carbocycles.